The number of amides is 1. The van der Waals surface area contributed by atoms with E-state index >= 15 is 0 Å². The van der Waals surface area contributed by atoms with Gasteiger partial charge in [0, 0.05) is 28.7 Å². The molecular formula is C22H27N5O4S. The van der Waals surface area contributed by atoms with Gasteiger partial charge >= 0.3 is 6.09 Å². The standard InChI is InChI=1S/C22H27N5O4S/c1-14(2)32(29)16-8-6-15(7-9-16)17-12-23-13-18(25-17)20-27-26-19(30-20)10-11-24-21(28)31-22(3,4)5/h6-9,12-14H,10-11H2,1-5H3,(H,24,28). The van der Waals surface area contributed by atoms with Gasteiger partial charge < -0.3 is 14.5 Å². The van der Waals surface area contributed by atoms with Crippen LogP contribution in [0.3, 0.4) is 0 Å². The fourth-order valence-electron chi connectivity index (χ4n) is 2.68. The van der Waals surface area contributed by atoms with Gasteiger partial charge in [-0.3, -0.25) is 9.19 Å². The van der Waals surface area contributed by atoms with Crippen LogP contribution in [0.15, 0.2) is 46.0 Å². The fraction of sp³-hybridized carbons (Fsp3) is 0.409. The molecule has 1 unspecified atom stereocenters. The Labute approximate surface area is 189 Å². The Morgan fingerprint density at radius 2 is 1.81 bits per heavy atom. The van der Waals surface area contributed by atoms with Gasteiger partial charge in [0.05, 0.1) is 28.9 Å². The van der Waals surface area contributed by atoms with Crippen LogP contribution in [-0.4, -0.2) is 47.9 Å². The predicted octanol–water partition coefficient (Wildman–Crippen LogP) is 3.78. The summed E-state index contributed by atoms with van der Waals surface area (Å²) in [4.78, 5) is 21.3. The zero-order valence-corrected chi connectivity index (χ0v) is 19.6. The molecule has 0 saturated carbocycles. The number of rotatable bonds is 7. The van der Waals surface area contributed by atoms with Gasteiger partial charge in [0.15, 0.2) is 0 Å². The van der Waals surface area contributed by atoms with Crippen LogP contribution < -0.4 is 5.32 Å². The first-order valence-corrected chi connectivity index (χ1v) is 11.5. The zero-order chi connectivity index (χ0) is 23.3. The van der Waals surface area contributed by atoms with Gasteiger partial charge in [-0.15, -0.1) is 10.2 Å². The Hall–Kier alpha value is -3.14. The van der Waals surface area contributed by atoms with Crippen molar-refractivity contribution in [2.75, 3.05) is 6.54 Å². The van der Waals surface area contributed by atoms with E-state index in [1.807, 2.05) is 38.1 Å². The fourth-order valence-corrected chi connectivity index (χ4v) is 3.63. The molecule has 1 N–H and O–H groups in total. The van der Waals surface area contributed by atoms with Crippen molar-refractivity contribution in [1.82, 2.24) is 25.5 Å². The largest absolute Gasteiger partial charge is 0.444 e. The van der Waals surface area contributed by atoms with Crippen molar-refractivity contribution in [3.8, 4) is 22.8 Å². The Balaban J connectivity index is 1.65. The summed E-state index contributed by atoms with van der Waals surface area (Å²) in [7, 11) is -1.05. The topological polar surface area (TPSA) is 120 Å². The number of benzene rings is 1. The lowest BCUT2D eigenvalue weighted by Crippen LogP contribution is -2.33. The lowest BCUT2D eigenvalue weighted by molar-refractivity contribution is 0.0528. The molecule has 2 heterocycles. The third-order valence-electron chi connectivity index (χ3n) is 4.14. The number of hydrogen-bond acceptors (Lipinski definition) is 8. The van der Waals surface area contributed by atoms with Crippen molar-refractivity contribution in [2.45, 2.75) is 56.8 Å². The quantitative estimate of drug-likeness (QED) is 0.569. The third kappa shape index (κ3) is 6.43. The minimum atomic E-state index is -1.05. The second-order valence-electron chi connectivity index (χ2n) is 8.34. The maximum atomic E-state index is 12.2. The van der Waals surface area contributed by atoms with E-state index in [0.29, 0.717) is 30.2 Å². The molecule has 3 aromatic rings. The molecule has 9 nitrogen and oxygen atoms in total. The lowest BCUT2D eigenvalue weighted by atomic mass is 10.1. The molecule has 1 aromatic carbocycles. The highest BCUT2D eigenvalue weighted by Gasteiger charge is 2.17. The average Bonchev–Trinajstić information content (AvgIpc) is 3.21. The van der Waals surface area contributed by atoms with E-state index in [0.717, 1.165) is 10.5 Å². The first kappa shape index (κ1) is 23.5. The monoisotopic (exact) mass is 457 g/mol. The number of carbonyl (C=O) groups is 1. The van der Waals surface area contributed by atoms with E-state index in [9.17, 15) is 9.00 Å². The van der Waals surface area contributed by atoms with Gasteiger partial charge in [0.25, 0.3) is 5.89 Å². The molecule has 1 amide bonds. The summed E-state index contributed by atoms with van der Waals surface area (Å²) in [5, 5.41) is 10.7. The van der Waals surface area contributed by atoms with E-state index in [2.05, 4.69) is 25.5 Å². The molecule has 0 spiro atoms. The van der Waals surface area contributed by atoms with Crippen LogP contribution in [0.5, 0.6) is 0 Å². The van der Waals surface area contributed by atoms with Crippen LogP contribution in [-0.2, 0) is 22.0 Å². The van der Waals surface area contributed by atoms with E-state index in [4.69, 9.17) is 9.15 Å². The Kier molecular flexibility index (Phi) is 7.34. The van der Waals surface area contributed by atoms with Gasteiger partial charge in [0.2, 0.25) is 5.89 Å². The molecule has 0 radical (unpaired) electrons. The minimum absolute atomic E-state index is 0.0510. The Morgan fingerprint density at radius 1 is 1.12 bits per heavy atom. The molecule has 170 valence electrons. The highest BCUT2D eigenvalue weighted by Crippen LogP contribution is 2.22. The van der Waals surface area contributed by atoms with Gasteiger partial charge in [-0.25, -0.2) is 9.78 Å². The number of hydrogen-bond donors (Lipinski definition) is 1. The van der Waals surface area contributed by atoms with Crippen LogP contribution in [0.2, 0.25) is 0 Å². The Bertz CT molecular complexity index is 1090. The van der Waals surface area contributed by atoms with Crippen molar-refractivity contribution in [3.63, 3.8) is 0 Å². The predicted molar refractivity (Wildman–Crippen MR) is 120 cm³/mol. The van der Waals surface area contributed by atoms with Crippen LogP contribution in [0.25, 0.3) is 22.8 Å². The summed E-state index contributed by atoms with van der Waals surface area (Å²) in [6, 6.07) is 7.40. The van der Waals surface area contributed by atoms with Crippen molar-refractivity contribution in [3.05, 3.63) is 42.5 Å². The molecule has 0 aliphatic rings. The van der Waals surface area contributed by atoms with E-state index in [1.54, 1.807) is 33.2 Å². The maximum Gasteiger partial charge on any atom is 0.407 e. The van der Waals surface area contributed by atoms with Crippen molar-refractivity contribution in [2.24, 2.45) is 0 Å². The molecule has 10 heteroatoms. The van der Waals surface area contributed by atoms with Crippen LogP contribution >= 0.6 is 0 Å². The molecule has 3 rings (SSSR count). The zero-order valence-electron chi connectivity index (χ0n) is 18.8. The van der Waals surface area contributed by atoms with Gasteiger partial charge in [0.1, 0.15) is 11.3 Å². The number of nitrogens with one attached hydrogen (secondary N) is 1. The van der Waals surface area contributed by atoms with E-state index < -0.39 is 22.5 Å². The summed E-state index contributed by atoms with van der Waals surface area (Å²) in [6.07, 6.45) is 3.04. The van der Waals surface area contributed by atoms with Crippen LogP contribution in [0, 0.1) is 0 Å². The third-order valence-corrected chi connectivity index (χ3v) is 5.73. The molecule has 0 aliphatic carbocycles. The highest BCUT2D eigenvalue weighted by molar-refractivity contribution is 7.85. The van der Waals surface area contributed by atoms with Crippen LogP contribution in [0.4, 0.5) is 4.79 Å². The van der Waals surface area contributed by atoms with Gasteiger partial charge in [-0.2, -0.15) is 0 Å². The average molecular weight is 458 g/mol. The van der Waals surface area contributed by atoms with E-state index in [1.165, 1.54) is 0 Å². The van der Waals surface area contributed by atoms with Crippen molar-refractivity contribution in [1.29, 1.82) is 0 Å². The summed E-state index contributed by atoms with van der Waals surface area (Å²) >= 11 is 0. The van der Waals surface area contributed by atoms with Crippen molar-refractivity contribution >= 4 is 16.9 Å². The molecule has 2 aromatic heterocycles. The molecular weight excluding hydrogens is 430 g/mol. The summed E-state index contributed by atoms with van der Waals surface area (Å²) in [5.74, 6) is 0.605. The number of ether oxygens (including phenoxy) is 1. The summed E-state index contributed by atoms with van der Waals surface area (Å²) in [6.45, 7) is 9.54. The number of nitrogens with zero attached hydrogens (tertiary/aromatic N) is 4. The smallest absolute Gasteiger partial charge is 0.407 e. The summed E-state index contributed by atoms with van der Waals surface area (Å²) in [5.41, 5.74) is 1.36. The molecule has 1 atom stereocenters. The summed E-state index contributed by atoms with van der Waals surface area (Å²) < 4.78 is 23.1. The molecule has 0 bridgehead atoms. The number of alkyl carbamates (subject to hydrolysis) is 1. The molecule has 0 fully saturated rings. The first-order chi connectivity index (χ1) is 15.1. The highest BCUT2D eigenvalue weighted by atomic mass is 32.2. The number of carbonyl (C=O) groups excluding carboxylic acids is 1. The van der Waals surface area contributed by atoms with Gasteiger partial charge in [-0.05, 0) is 32.9 Å². The Morgan fingerprint density at radius 3 is 2.47 bits per heavy atom. The normalized spacial score (nSPS) is 12.6. The SMILES string of the molecule is CC(C)S(=O)c1ccc(-c2cncc(-c3nnc(CCNC(=O)OC(C)(C)C)o3)n2)cc1. The second-order valence-corrected chi connectivity index (χ2v) is 10.3. The minimum Gasteiger partial charge on any atom is -0.444 e. The van der Waals surface area contributed by atoms with E-state index in [-0.39, 0.29) is 11.1 Å². The van der Waals surface area contributed by atoms with Crippen molar-refractivity contribution < 1.29 is 18.2 Å². The molecule has 0 aliphatic heterocycles. The maximum absolute atomic E-state index is 12.2. The van der Waals surface area contributed by atoms with Crippen LogP contribution in [0.1, 0.15) is 40.5 Å². The first-order valence-electron chi connectivity index (χ1n) is 10.2. The number of aromatic nitrogens is 4. The lowest BCUT2D eigenvalue weighted by Gasteiger charge is -2.19. The van der Waals surface area contributed by atoms with Gasteiger partial charge in [-0.1, -0.05) is 26.0 Å². The molecule has 32 heavy (non-hydrogen) atoms. The molecule has 0 saturated heterocycles. The second kappa shape index (κ2) is 9.99.